The quantitative estimate of drug-likeness (QED) is 0.132. The molecule has 0 aliphatic heterocycles. The second-order valence-corrected chi connectivity index (χ2v) is 3.83. The van der Waals surface area contributed by atoms with Gasteiger partial charge in [-0.15, -0.1) is 4.91 Å². The zero-order valence-electron chi connectivity index (χ0n) is 10.8. The molecule has 0 fully saturated rings. The lowest BCUT2D eigenvalue weighted by atomic mass is 10.1. The molecule has 0 amide bonds. The minimum absolute atomic E-state index is 0.138. The molecule has 0 bridgehead atoms. The first-order chi connectivity index (χ1) is 9.81. The van der Waals surface area contributed by atoms with Gasteiger partial charge in [0.2, 0.25) is 5.78 Å². The van der Waals surface area contributed by atoms with E-state index in [9.17, 15) is 19.3 Å². The fraction of sp³-hybridized carbons (Fsp3) is 0.556. The van der Waals surface area contributed by atoms with Crippen LogP contribution in [0.2, 0.25) is 0 Å². The van der Waals surface area contributed by atoms with Crippen molar-refractivity contribution >= 4 is 23.9 Å². The van der Waals surface area contributed by atoms with Crippen LogP contribution in [0.1, 0.15) is 12.8 Å². The Balaban J connectivity index is 4.36. The summed E-state index contributed by atoms with van der Waals surface area (Å²) in [5.41, 5.74) is 18.6. The Hall–Kier alpha value is -2.69. The number of ketones is 1. The van der Waals surface area contributed by atoms with Crippen LogP contribution in [-0.2, 0) is 19.2 Å². The molecule has 0 heterocycles. The molecular formula is C9H14N6O6. The molecular weight excluding hydrogens is 288 g/mol. The molecule has 0 radical (unpaired) electrons. The molecule has 0 aliphatic rings. The molecule has 0 aromatic carbocycles. The maximum absolute atomic E-state index is 11.5. The number of carbonyl (C=O) groups is 3. The van der Waals surface area contributed by atoms with Crippen molar-refractivity contribution in [2.45, 2.75) is 24.9 Å². The van der Waals surface area contributed by atoms with Crippen molar-refractivity contribution < 1.29 is 29.1 Å². The summed E-state index contributed by atoms with van der Waals surface area (Å²) in [5.74, 6) is -3.09. The zero-order valence-corrected chi connectivity index (χ0v) is 10.8. The molecule has 12 nitrogen and oxygen atoms in total. The molecule has 0 aromatic rings. The van der Waals surface area contributed by atoms with Gasteiger partial charge in [0, 0.05) is 6.42 Å². The second kappa shape index (κ2) is 9.25. The molecule has 0 unspecified atom stereocenters. The molecule has 12 heteroatoms. The predicted octanol–water partition coefficient (Wildman–Crippen LogP) is -2.18. The van der Waals surface area contributed by atoms with E-state index in [1.807, 2.05) is 0 Å². The third-order valence-corrected chi connectivity index (χ3v) is 2.16. The predicted molar refractivity (Wildman–Crippen MR) is 66.1 cm³/mol. The van der Waals surface area contributed by atoms with Crippen LogP contribution in [0.15, 0.2) is 5.29 Å². The van der Waals surface area contributed by atoms with Crippen molar-refractivity contribution in [3.63, 3.8) is 0 Å². The molecule has 0 saturated heterocycles. The number of hydroxylamine groups is 1. The van der Waals surface area contributed by atoms with Crippen LogP contribution in [0.25, 0.3) is 5.53 Å². The molecule has 0 aromatic heterocycles. The van der Waals surface area contributed by atoms with Crippen molar-refractivity contribution in [1.29, 1.82) is 0 Å². The lowest BCUT2D eigenvalue weighted by Crippen LogP contribution is -2.43. The average molecular weight is 302 g/mol. The lowest BCUT2D eigenvalue weighted by Gasteiger charge is -2.18. The van der Waals surface area contributed by atoms with Gasteiger partial charge >= 0.3 is 18.2 Å². The van der Waals surface area contributed by atoms with E-state index < -0.39 is 36.4 Å². The van der Waals surface area contributed by atoms with Gasteiger partial charge in [0.1, 0.15) is 18.6 Å². The number of carboxylic acid groups (broad SMARTS) is 1. The highest BCUT2D eigenvalue weighted by molar-refractivity contribution is 6.25. The summed E-state index contributed by atoms with van der Waals surface area (Å²) in [6.07, 6.45) is 0.314. The van der Waals surface area contributed by atoms with E-state index in [0.717, 1.165) is 0 Å². The summed E-state index contributed by atoms with van der Waals surface area (Å²) in [6, 6.07) is -2.75. The molecule has 0 saturated carbocycles. The highest BCUT2D eigenvalue weighted by Crippen LogP contribution is 2.01. The Labute approximate surface area is 118 Å². The van der Waals surface area contributed by atoms with Crippen molar-refractivity contribution in [2.24, 2.45) is 16.8 Å². The zero-order chi connectivity index (χ0) is 16.4. The number of aliphatic carboxylic acids is 1. The maximum Gasteiger partial charge on any atom is 0.351 e. The van der Waals surface area contributed by atoms with E-state index in [-0.39, 0.29) is 18.0 Å². The Morgan fingerprint density at radius 2 is 2.00 bits per heavy atom. The summed E-state index contributed by atoms with van der Waals surface area (Å²) in [4.78, 5) is 50.2. The summed E-state index contributed by atoms with van der Waals surface area (Å²) < 4.78 is 0. The van der Waals surface area contributed by atoms with E-state index in [4.69, 9.17) is 22.1 Å². The van der Waals surface area contributed by atoms with E-state index in [0.29, 0.717) is 6.21 Å². The number of nitrogens with zero attached hydrogens (tertiary/aromatic N) is 4. The topological polar surface area (TPSA) is 202 Å². The van der Waals surface area contributed by atoms with Crippen molar-refractivity contribution in [3.8, 4) is 0 Å². The number of Topliss-reactive ketones (excluding diaryl/α,β-unsaturated/α-hetero) is 1. The number of nitrogens with two attached hydrogens (primary N) is 2. The Morgan fingerprint density at radius 3 is 2.48 bits per heavy atom. The number of nitroso groups, excluding NO2 is 1. The Bertz CT molecular complexity index is 462. The second-order valence-electron chi connectivity index (χ2n) is 3.83. The van der Waals surface area contributed by atoms with Crippen LogP contribution < -0.4 is 11.5 Å². The smallest absolute Gasteiger partial charge is 0.351 e. The SMILES string of the molecule is [N-]=[N+]=CC(=O)CC[C@H](N)C(=O)ON(C[C@H](N)C(=O)O)N=O. The number of hydrogen-bond donors (Lipinski definition) is 3. The normalized spacial score (nSPS) is 12.5. The highest BCUT2D eigenvalue weighted by Gasteiger charge is 2.24. The largest absolute Gasteiger partial charge is 0.480 e. The third-order valence-electron chi connectivity index (χ3n) is 2.16. The Kier molecular flexibility index (Phi) is 8.07. The monoisotopic (exact) mass is 302 g/mol. The standard InChI is InChI=1S/C9H14N6O6/c10-6(2-1-5(16)3-13-12)9(19)21-15(14-20)4-7(11)8(17)18/h3,6-7H,1-2,4,10-11H2,(H,17,18)/t6-,7-/m0/s1. The molecule has 116 valence electrons. The number of carbonyl (C=O) groups excluding carboxylic acids is 2. The van der Waals surface area contributed by atoms with Gasteiger partial charge in [0.25, 0.3) is 0 Å². The minimum atomic E-state index is -1.49. The van der Waals surface area contributed by atoms with Crippen molar-refractivity contribution in [1.82, 2.24) is 5.17 Å². The molecule has 2 atom stereocenters. The van der Waals surface area contributed by atoms with Gasteiger partial charge in [0.15, 0.2) is 0 Å². The van der Waals surface area contributed by atoms with Gasteiger partial charge in [-0.2, -0.15) is 4.79 Å². The first-order valence-electron chi connectivity index (χ1n) is 5.58. The lowest BCUT2D eigenvalue weighted by molar-refractivity contribution is -0.195. The van der Waals surface area contributed by atoms with Gasteiger partial charge in [0.05, 0.1) is 5.29 Å². The average Bonchev–Trinajstić information content (AvgIpc) is 2.43. The van der Waals surface area contributed by atoms with E-state index in [2.05, 4.69) is 14.9 Å². The maximum atomic E-state index is 11.5. The van der Waals surface area contributed by atoms with Crippen LogP contribution in [0.3, 0.4) is 0 Å². The van der Waals surface area contributed by atoms with E-state index in [1.165, 1.54) is 0 Å². The van der Waals surface area contributed by atoms with Gasteiger partial charge < -0.3 is 26.9 Å². The molecule has 0 spiro atoms. The van der Waals surface area contributed by atoms with Crippen LogP contribution in [0, 0.1) is 4.91 Å². The van der Waals surface area contributed by atoms with Crippen LogP contribution >= 0.6 is 0 Å². The molecule has 5 N–H and O–H groups in total. The minimum Gasteiger partial charge on any atom is -0.480 e. The van der Waals surface area contributed by atoms with Crippen LogP contribution in [0.5, 0.6) is 0 Å². The third kappa shape index (κ3) is 7.47. The first-order valence-corrected chi connectivity index (χ1v) is 5.58. The van der Waals surface area contributed by atoms with Gasteiger partial charge in [-0.1, -0.05) is 5.17 Å². The Morgan fingerprint density at radius 1 is 1.38 bits per heavy atom. The summed E-state index contributed by atoms with van der Waals surface area (Å²) in [5, 5.41) is 11.0. The molecule has 0 rings (SSSR count). The van der Waals surface area contributed by atoms with Crippen LogP contribution in [0.4, 0.5) is 0 Å². The molecule has 0 aliphatic carbocycles. The summed E-state index contributed by atoms with van der Waals surface area (Å²) in [6.45, 7) is -0.659. The van der Waals surface area contributed by atoms with E-state index >= 15 is 0 Å². The highest BCUT2D eigenvalue weighted by atomic mass is 16.8. The van der Waals surface area contributed by atoms with Crippen molar-refractivity contribution in [3.05, 3.63) is 10.4 Å². The fourth-order valence-electron chi connectivity index (χ4n) is 1.05. The van der Waals surface area contributed by atoms with E-state index in [1.54, 1.807) is 0 Å². The number of hydrogen-bond acceptors (Lipinski definition) is 8. The van der Waals surface area contributed by atoms with Gasteiger partial charge in [-0.25, -0.2) is 4.79 Å². The number of rotatable bonds is 10. The molecule has 21 heavy (non-hydrogen) atoms. The first kappa shape index (κ1) is 18.3. The van der Waals surface area contributed by atoms with Gasteiger partial charge in [-0.05, 0) is 6.42 Å². The van der Waals surface area contributed by atoms with Crippen LogP contribution in [-0.4, -0.2) is 57.6 Å². The number of carboxylic acids is 1. The summed E-state index contributed by atoms with van der Waals surface area (Å²) >= 11 is 0. The van der Waals surface area contributed by atoms with Crippen molar-refractivity contribution in [2.75, 3.05) is 6.54 Å². The van der Waals surface area contributed by atoms with Gasteiger partial charge in [-0.3, -0.25) is 9.59 Å². The summed E-state index contributed by atoms with van der Waals surface area (Å²) in [7, 11) is 0. The fourth-order valence-corrected chi connectivity index (χ4v) is 1.05.